The van der Waals surface area contributed by atoms with Crippen LogP contribution in [0.4, 0.5) is 5.69 Å². The molecular weight excluding hydrogens is 473 g/mol. The summed E-state index contributed by atoms with van der Waals surface area (Å²) in [6, 6.07) is 15.6. The van der Waals surface area contributed by atoms with E-state index in [1.54, 1.807) is 60.7 Å². The van der Waals surface area contributed by atoms with Crippen LogP contribution in [-0.4, -0.2) is 20.1 Å². The van der Waals surface area contributed by atoms with Gasteiger partial charge >= 0.3 is 0 Å². The Morgan fingerprint density at radius 2 is 1.56 bits per heavy atom. The van der Waals surface area contributed by atoms with E-state index in [1.807, 2.05) is 0 Å². The normalized spacial score (nSPS) is 10.8. The van der Waals surface area contributed by atoms with Gasteiger partial charge in [-0.2, -0.15) is 0 Å². The number of halogens is 3. The molecule has 0 aliphatic rings. The summed E-state index contributed by atoms with van der Waals surface area (Å²) in [4.78, 5) is 12.2. The Morgan fingerprint density at radius 3 is 2.22 bits per heavy atom. The van der Waals surface area contributed by atoms with Crippen molar-refractivity contribution in [2.75, 3.05) is 19.5 Å². The number of rotatable bonds is 8. The molecule has 166 valence electrons. The molecule has 0 unspecified atom stereocenters. The Labute approximate surface area is 201 Å². The topological polar surface area (TPSA) is 56.8 Å². The Bertz CT molecular complexity index is 1130. The van der Waals surface area contributed by atoms with Crippen LogP contribution in [0.25, 0.3) is 6.08 Å². The summed E-state index contributed by atoms with van der Waals surface area (Å²) in [7, 11) is 3.07. The highest BCUT2D eigenvalue weighted by Gasteiger charge is 2.10. The molecule has 0 heterocycles. The molecular formula is C24H20Cl3NO4. The van der Waals surface area contributed by atoms with Crippen LogP contribution in [0.1, 0.15) is 11.1 Å². The molecule has 5 nitrogen and oxygen atoms in total. The van der Waals surface area contributed by atoms with Crippen molar-refractivity contribution in [3.63, 3.8) is 0 Å². The van der Waals surface area contributed by atoms with Gasteiger partial charge in [0.25, 0.3) is 0 Å². The Hall–Kier alpha value is -2.86. The quantitative estimate of drug-likeness (QED) is 0.348. The highest BCUT2D eigenvalue weighted by molar-refractivity contribution is 6.36. The van der Waals surface area contributed by atoms with Crippen molar-refractivity contribution in [1.29, 1.82) is 0 Å². The molecule has 3 aromatic rings. The predicted octanol–water partition coefficient (Wildman–Crippen LogP) is 6.89. The summed E-state index contributed by atoms with van der Waals surface area (Å²) >= 11 is 18.5. The van der Waals surface area contributed by atoms with Gasteiger partial charge in [-0.15, -0.1) is 0 Å². The summed E-state index contributed by atoms with van der Waals surface area (Å²) in [6.07, 6.45) is 3.08. The van der Waals surface area contributed by atoms with E-state index in [2.05, 4.69) is 5.32 Å². The molecule has 0 aliphatic heterocycles. The second-order valence-electron chi connectivity index (χ2n) is 6.57. The molecule has 0 aromatic heterocycles. The zero-order valence-electron chi connectivity index (χ0n) is 17.3. The van der Waals surface area contributed by atoms with Crippen molar-refractivity contribution < 1.29 is 19.0 Å². The Kier molecular flexibility index (Phi) is 8.28. The van der Waals surface area contributed by atoms with Gasteiger partial charge in [0.2, 0.25) is 5.91 Å². The van der Waals surface area contributed by atoms with Crippen LogP contribution in [0.3, 0.4) is 0 Å². The van der Waals surface area contributed by atoms with Gasteiger partial charge in [-0.25, -0.2) is 0 Å². The summed E-state index contributed by atoms with van der Waals surface area (Å²) in [6.45, 7) is 0.191. The summed E-state index contributed by atoms with van der Waals surface area (Å²) in [5, 5.41) is 4.21. The number of ether oxygens (including phenoxy) is 3. The third kappa shape index (κ3) is 6.10. The largest absolute Gasteiger partial charge is 0.495 e. The van der Waals surface area contributed by atoms with Gasteiger partial charge in [0.15, 0.2) is 11.5 Å². The average Bonchev–Trinajstić information content (AvgIpc) is 2.78. The lowest BCUT2D eigenvalue weighted by Gasteiger charge is -2.13. The minimum Gasteiger partial charge on any atom is -0.495 e. The van der Waals surface area contributed by atoms with E-state index in [9.17, 15) is 4.79 Å². The highest BCUT2D eigenvalue weighted by atomic mass is 35.5. The molecule has 1 N–H and O–H groups in total. The molecule has 0 aliphatic carbocycles. The van der Waals surface area contributed by atoms with Gasteiger partial charge in [0.1, 0.15) is 12.4 Å². The zero-order chi connectivity index (χ0) is 23.1. The first-order chi connectivity index (χ1) is 15.4. The van der Waals surface area contributed by atoms with Crippen molar-refractivity contribution in [3.8, 4) is 17.2 Å². The summed E-state index contributed by atoms with van der Waals surface area (Å²) in [5.41, 5.74) is 2.01. The zero-order valence-corrected chi connectivity index (χ0v) is 19.6. The number of carbonyl (C=O) groups excluding carboxylic acids is 1. The number of hydrogen-bond acceptors (Lipinski definition) is 4. The lowest BCUT2D eigenvalue weighted by molar-refractivity contribution is -0.111. The molecule has 0 fully saturated rings. The monoisotopic (exact) mass is 491 g/mol. The van der Waals surface area contributed by atoms with Crippen molar-refractivity contribution >= 4 is 52.5 Å². The standard InChI is InChI=1S/C24H20Cl3NO4/c1-30-21-10-8-16(13-20(21)27)28-24(29)11-7-15-6-9-22(23(12-15)31-2)32-14-17-18(25)4-3-5-19(17)26/h3-13H,14H2,1-2H3,(H,28,29). The molecule has 0 bridgehead atoms. The molecule has 8 heteroatoms. The van der Waals surface area contributed by atoms with E-state index in [1.165, 1.54) is 20.3 Å². The number of hydrogen-bond donors (Lipinski definition) is 1. The fraction of sp³-hybridized carbons (Fsp3) is 0.125. The molecule has 3 aromatic carbocycles. The third-order valence-corrected chi connectivity index (χ3v) is 5.47. The molecule has 3 rings (SSSR count). The van der Waals surface area contributed by atoms with E-state index in [4.69, 9.17) is 49.0 Å². The number of amides is 1. The van der Waals surface area contributed by atoms with Crippen LogP contribution in [0.5, 0.6) is 17.2 Å². The van der Waals surface area contributed by atoms with E-state index >= 15 is 0 Å². The number of benzene rings is 3. The Balaban J connectivity index is 1.66. The van der Waals surface area contributed by atoms with Crippen LogP contribution in [0.15, 0.2) is 60.7 Å². The third-order valence-electron chi connectivity index (χ3n) is 4.47. The maximum absolute atomic E-state index is 12.2. The Morgan fingerprint density at radius 1 is 0.875 bits per heavy atom. The van der Waals surface area contributed by atoms with Crippen molar-refractivity contribution in [1.82, 2.24) is 0 Å². The van der Waals surface area contributed by atoms with Gasteiger partial charge in [0, 0.05) is 27.4 Å². The maximum atomic E-state index is 12.2. The molecule has 0 atom stereocenters. The molecule has 32 heavy (non-hydrogen) atoms. The van der Waals surface area contributed by atoms with E-state index < -0.39 is 0 Å². The van der Waals surface area contributed by atoms with Crippen LogP contribution in [-0.2, 0) is 11.4 Å². The van der Waals surface area contributed by atoms with E-state index in [0.29, 0.717) is 43.6 Å². The van der Waals surface area contributed by atoms with Crippen molar-refractivity contribution in [2.45, 2.75) is 6.61 Å². The summed E-state index contributed by atoms with van der Waals surface area (Å²) < 4.78 is 16.4. The maximum Gasteiger partial charge on any atom is 0.248 e. The molecule has 0 saturated heterocycles. The van der Waals surface area contributed by atoms with Gasteiger partial charge in [-0.1, -0.05) is 46.9 Å². The SMILES string of the molecule is COc1ccc(NC(=O)C=Cc2ccc(OCc3c(Cl)cccc3Cl)c(OC)c2)cc1Cl. The number of nitrogens with one attached hydrogen (secondary N) is 1. The molecule has 0 saturated carbocycles. The second kappa shape index (κ2) is 11.1. The first-order valence-corrected chi connectivity index (χ1v) is 10.6. The smallest absolute Gasteiger partial charge is 0.248 e. The molecule has 0 spiro atoms. The van der Waals surface area contributed by atoms with Gasteiger partial charge in [-0.3, -0.25) is 4.79 Å². The van der Waals surface area contributed by atoms with Crippen molar-refractivity contribution in [2.24, 2.45) is 0 Å². The van der Waals surface area contributed by atoms with Crippen LogP contribution < -0.4 is 19.5 Å². The van der Waals surface area contributed by atoms with E-state index in [-0.39, 0.29) is 12.5 Å². The first kappa shape index (κ1) is 23.8. The number of carbonyl (C=O) groups is 1. The minimum absolute atomic E-state index is 0.191. The first-order valence-electron chi connectivity index (χ1n) is 9.47. The van der Waals surface area contributed by atoms with Crippen LogP contribution >= 0.6 is 34.8 Å². The molecule has 0 radical (unpaired) electrons. The number of anilines is 1. The van der Waals surface area contributed by atoms with Gasteiger partial charge in [0.05, 0.1) is 19.2 Å². The van der Waals surface area contributed by atoms with Gasteiger partial charge < -0.3 is 19.5 Å². The van der Waals surface area contributed by atoms with Crippen LogP contribution in [0.2, 0.25) is 15.1 Å². The number of methoxy groups -OCH3 is 2. The average molecular weight is 493 g/mol. The lowest BCUT2D eigenvalue weighted by Crippen LogP contribution is -2.07. The predicted molar refractivity (Wildman–Crippen MR) is 129 cm³/mol. The van der Waals surface area contributed by atoms with Crippen molar-refractivity contribution in [3.05, 3.63) is 86.9 Å². The highest BCUT2D eigenvalue weighted by Crippen LogP contribution is 2.32. The minimum atomic E-state index is -0.307. The van der Waals surface area contributed by atoms with E-state index in [0.717, 1.165) is 5.56 Å². The fourth-order valence-electron chi connectivity index (χ4n) is 2.83. The van der Waals surface area contributed by atoms with Gasteiger partial charge in [-0.05, 0) is 54.1 Å². The summed E-state index contributed by atoms with van der Waals surface area (Å²) in [5.74, 6) is 1.26. The molecule has 1 amide bonds. The lowest BCUT2D eigenvalue weighted by atomic mass is 10.2. The van der Waals surface area contributed by atoms with Crippen LogP contribution in [0, 0.1) is 0 Å². The fourth-order valence-corrected chi connectivity index (χ4v) is 3.59. The second-order valence-corrected chi connectivity index (χ2v) is 7.79.